The zero-order valence-electron chi connectivity index (χ0n) is 7.61. The van der Waals surface area contributed by atoms with Gasteiger partial charge in [0.15, 0.2) is 0 Å². The summed E-state index contributed by atoms with van der Waals surface area (Å²) in [5, 5.41) is 0. The van der Waals surface area contributed by atoms with E-state index in [1.54, 1.807) is 6.20 Å². The summed E-state index contributed by atoms with van der Waals surface area (Å²) in [5.41, 5.74) is 2.35. The van der Waals surface area contributed by atoms with Gasteiger partial charge in [-0.05, 0) is 24.3 Å². The number of allylic oxidation sites excluding steroid dienone is 2. The number of aliphatic imine (C=N–C) groups is 1. The fourth-order valence-electron chi connectivity index (χ4n) is 1.12. The molecule has 1 rings (SSSR count). The highest BCUT2D eigenvalue weighted by Crippen LogP contribution is 2.08. The summed E-state index contributed by atoms with van der Waals surface area (Å²) in [6.45, 7) is 7.14. The molecule has 0 heterocycles. The molecule has 0 aliphatic carbocycles. The Morgan fingerprint density at radius 2 is 2.08 bits per heavy atom. The predicted octanol–water partition coefficient (Wildman–Crippen LogP) is 3.25. The lowest BCUT2D eigenvalue weighted by molar-refractivity contribution is 1.18. The molecule has 0 atom stereocenters. The van der Waals surface area contributed by atoms with Gasteiger partial charge in [-0.3, -0.25) is 4.99 Å². The summed E-state index contributed by atoms with van der Waals surface area (Å²) in [6.07, 6.45) is 4.41. The van der Waals surface area contributed by atoms with Crippen LogP contribution in [0.2, 0.25) is 0 Å². The summed E-state index contributed by atoms with van der Waals surface area (Å²) in [4.78, 5) is 3.72. The molecule has 68 valence electrons. The second-order valence-corrected chi connectivity index (χ2v) is 2.75. The Balaban J connectivity index is 0.00000169. The van der Waals surface area contributed by atoms with E-state index in [0.717, 1.165) is 12.0 Å². The average molecular weight is 173 g/mol. The lowest BCUT2D eigenvalue weighted by Crippen LogP contribution is -1.86. The lowest BCUT2D eigenvalue weighted by atomic mass is 10.1. The number of nitrogens with zero attached hydrogens (tertiary/aromatic N) is 1. The van der Waals surface area contributed by atoms with Crippen LogP contribution in [0.5, 0.6) is 0 Å². The van der Waals surface area contributed by atoms with E-state index >= 15 is 0 Å². The quantitative estimate of drug-likeness (QED) is 0.489. The highest BCUT2D eigenvalue weighted by Gasteiger charge is 1.93. The first-order chi connectivity index (χ1) is 6.36. The van der Waals surface area contributed by atoms with Crippen LogP contribution in [0.25, 0.3) is 0 Å². The minimum Gasteiger partial charge on any atom is -0.272 e. The number of rotatable bonds is 4. The largest absolute Gasteiger partial charge is 0.272 e. The van der Waals surface area contributed by atoms with E-state index in [1.807, 2.05) is 24.3 Å². The van der Waals surface area contributed by atoms with Crippen LogP contribution in [0.1, 0.15) is 6.99 Å². The van der Waals surface area contributed by atoms with Gasteiger partial charge in [-0.1, -0.05) is 43.0 Å². The van der Waals surface area contributed by atoms with Crippen molar-refractivity contribution in [2.24, 2.45) is 4.99 Å². The van der Waals surface area contributed by atoms with Gasteiger partial charge in [-0.15, -0.1) is 0 Å². The summed E-state index contributed by atoms with van der Waals surface area (Å²) in [6, 6.07) is 10.2. The van der Waals surface area contributed by atoms with Crippen molar-refractivity contribution < 1.29 is 1.43 Å². The Morgan fingerprint density at radius 1 is 1.38 bits per heavy atom. The van der Waals surface area contributed by atoms with Gasteiger partial charge in [0, 0.05) is 7.63 Å². The lowest BCUT2D eigenvalue weighted by Gasteiger charge is -2.00. The molecule has 1 nitrogen and oxygen atoms in total. The molecule has 0 aliphatic heterocycles. The molecule has 0 aromatic heterocycles. The minimum absolute atomic E-state index is 0. The van der Waals surface area contributed by atoms with E-state index in [1.165, 1.54) is 5.56 Å². The van der Waals surface area contributed by atoms with Crippen LogP contribution in [-0.4, -0.2) is 6.72 Å². The van der Waals surface area contributed by atoms with Crippen molar-refractivity contribution in [3.8, 4) is 0 Å². The highest BCUT2D eigenvalue weighted by molar-refractivity contribution is 5.31. The third-order valence-corrected chi connectivity index (χ3v) is 1.77. The average Bonchev–Trinajstić information content (AvgIpc) is 2.19. The van der Waals surface area contributed by atoms with E-state index in [2.05, 4.69) is 30.4 Å². The molecular formula is C12H15N. The summed E-state index contributed by atoms with van der Waals surface area (Å²) < 4.78 is 0. The molecule has 0 aliphatic rings. The summed E-state index contributed by atoms with van der Waals surface area (Å²) >= 11 is 0. The van der Waals surface area contributed by atoms with Crippen molar-refractivity contribution in [2.75, 3.05) is 0 Å². The summed E-state index contributed by atoms with van der Waals surface area (Å²) in [7, 11) is 0. The minimum atomic E-state index is 0. The molecule has 0 saturated heterocycles. The van der Waals surface area contributed by atoms with Crippen molar-refractivity contribution >= 4 is 6.72 Å². The fourth-order valence-corrected chi connectivity index (χ4v) is 1.12. The van der Waals surface area contributed by atoms with Crippen LogP contribution in [0.15, 0.2) is 59.8 Å². The van der Waals surface area contributed by atoms with Crippen molar-refractivity contribution in [2.45, 2.75) is 6.42 Å². The molecule has 0 spiro atoms. The molecule has 0 radical (unpaired) electrons. The van der Waals surface area contributed by atoms with Gasteiger partial charge >= 0.3 is 0 Å². The van der Waals surface area contributed by atoms with Crippen LogP contribution in [0.3, 0.4) is 0 Å². The zero-order chi connectivity index (χ0) is 9.52. The van der Waals surface area contributed by atoms with Crippen LogP contribution in [0.4, 0.5) is 0 Å². The molecule has 0 N–H and O–H groups in total. The van der Waals surface area contributed by atoms with E-state index in [0.29, 0.717) is 0 Å². The maximum Gasteiger partial charge on any atom is 0.0295 e. The van der Waals surface area contributed by atoms with Gasteiger partial charge in [-0.2, -0.15) is 0 Å². The van der Waals surface area contributed by atoms with Gasteiger partial charge < -0.3 is 0 Å². The van der Waals surface area contributed by atoms with Crippen molar-refractivity contribution in [3.63, 3.8) is 0 Å². The van der Waals surface area contributed by atoms with Crippen LogP contribution >= 0.6 is 0 Å². The Hall–Kier alpha value is -1.63. The van der Waals surface area contributed by atoms with Gasteiger partial charge in [0.25, 0.3) is 0 Å². The number of hydrogen-bond donors (Lipinski definition) is 0. The van der Waals surface area contributed by atoms with E-state index in [4.69, 9.17) is 0 Å². The first-order valence-electron chi connectivity index (χ1n) is 4.18. The number of benzene rings is 1. The Kier molecular flexibility index (Phi) is 3.71. The van der Waals surface area contributed by atoms with E-state index < -0.39 is 0 Å². The van der Waals surface area contributed by atoms with E-state index in [9.17, 15) is 0 Å². The standard InChI is InChI=1S/C12H13N.H2/c1-3-11(10-13-2)9-12-7-5-4-6-8-12;/h3-8,10H,1-2,9H2;1H/b11-10+;. The Morgan fingerprint density at radius 3 is 2.62 bits per heavy atom. The molecule has 0 fully saturated rings. The smallest absolute Gasteiger partial charge is 0.0295 e. The Labute approximate surface area is 80.6 Å². The van der Waals surface area contributed by atoms with Gasteiger partial charge in [0.2, 0.25) is 0 Å². The molecule has 0 bridgehead atoms. The topological polar surface area (TPSA) is 12.4 Å². The molecule has 1 aromatic rings. The fraction of sp³-hybridized carbons (Fsp3) is 0.0833. The second-order valence-electron chi connectivity index (χ2n) is 2.75. The third kappa shape index (κ3) is 3.08. The third-order valence-electron chi connectivity index (χ3n) is 1.77. The summed E-state index contributed by atoms with van der Waals surface area (Å²) in [5.74, 6) is 0. The second kappa shape index (κ2) is 5.09. The number of hydrogen-bond acceptors (Lipinski definition) is 1. The molecule has 1 heteroatoms. The first-order valence-corrected chi connectivity index (χ1v) is 4.18. The molecule has 0 saturated carbocycles. The molecular weight excluding hydrogens is 158 g/mol. The maximum atomic E-state index is 3.72. The van der Waals surface area contributed by atoms with Gasteiger partial charge in [0.1, 0.15) is 0 Å². The van der Waals surface area contributed by atoms with Gasteiger partial charge in [0.05, 0.1) is 0 Å². The van der Waals surface area contributed by atoms with Crippen LogP contribution in [0, 0.1) is 0 Å². The van der Waals surface area contributed by atoms with Gasteiger partial charge in [-0.25, -0.2) is 0 Å². The molecule has 1 aromatic carbocycles. The van der Waals surface area contributed by atoms with E-state index in [-0.39, 0.29) is 1.43 Å². The first kappa shape index (κ1) is 9.46. The highest BCUT2D eigenvalue weighted by atomic mass is 14.6. The normalized spacial score (nSPS) is 10.9. The Bertz CT molecular complexity index is 314. The predicted molar refractivity (Wildman–Crippen MR) is 60.1 cm³/mol. The monoisotopic (exact) mass is 173 g/mol. The molecule has 0 amide bonds. The van der Waals surface area contributed by atoms with Crippen molar-refractivity contribution in [3.05, 3.63) is 60.3 Å². The molecule has 13 heavy (non-hydrogen) atoms. The SMILES string of the molecule is C=C/C(=C\N=C)Cc1ccccc1.[HH]. The zero-order valence-corrected chi connectivity index (χ0v) is 7.61. The van der Waals surface area contributed by atoms with Crippen LogP contribution in [-0.2, 0) is 6.42 Å². The van der Waals surface area contributed by atoms with Crippen molar-refractivity contribution in [1.29, 1.82) is 0 Å². The van der Waals surface area contributed by atoms with Crippen molar-refractivity contribution in [1.82, 2.24) is 0 Å². The van der Waals surface area contributed by atoms with Crippen LogP contribution < -0.4 is 0 Å². The maximum absolute atomic E-state index is 3.72. The molecule has 0 unspecified atom stereocenters.